The summed E-state index contributed by atoms with van der Waals surface area (Å²) >= 11 is 0. The Labute approximate surface area is 85.5 Å². The Hall–Kier alpha value is -1.22. The minimum absolute atomic E-state index is 0.126. The molecule has 0 aliphatic carbocycles. The summed E-state index contributed by atoms with van der Waals surface area (Å²) in [5.74, 6) is 0. The summed E-state index contributed by atoms with van der Waals surface area (Å²) in [5.41, 5.74) is 13.2. The highest BCUT2D eigenvalue weighted by molar-refractivity contribution is 5.51. The van der Waals surface area contributed by atoms with Crippen LogP contribution in [0.5, 0.6) is 0 Å². The Morgan fingerprint density at radius 1 is 1.21 bits per heavy atom. The highest BCUT2D eigenvalue weighted by Gasteiger charge is 2.14. The molecule has 0 bridgehead atoms. The van der Waals surface area contributed by atoms with Crippen molar-refractivity contribution in [1.29, 1.82) is 0 Å². The summed E-state index contributed by atoms with van der Waals surface area (Å²) in [6.07, 6.45) is 0. The number of hydrogen-bond donors (Lipinski definition) is 3. The maximum atomic E-state index is 5.63. The van der Waals surface area contributed by atoms with Gasteiger partial charge in [0.2, 0.25) is 0 Å². The maximum absolute atomic E-state index is 5.63. The molecule has 0 atom stereocenters. The van der Waals surface area contributed by atoms with Crippen LogP contribution in [0.2, 0.25) is 0 Å². The number of nitrogen functional groups attached to an aromatic ring is 1. The topological polar surface area (TPSA) is 64.1 Å². The van der Waals surface area contributed by atoms with E-state index in [1.54, 1.807) is 0 Å². The van der Waals surface area contributed by atoms with Gasteiger partial charge in [-0.2, -0.15) is 0 Å². The molecule has 3 nitrogen and oxygen atoms in total. The van der Waals surface area contributed by atoms with Crippen molar-refractivity contribution in [1.82, 2.24) is 0 Å². The van der Waals surface area contributed by atoms with Crippen LogP contribution in [0.25, 0.3) is 0 Å². The van der Waals surface area contributed by atoms with Crippen molar-refractivity contribution < 1.29 is 0 Å². The highest BCUT2D eigenvalue weighted by atomic mass is 14.9. The van der Waals surface area contributed by atoms with Gasteiger partial charge in [-0.3, -0.25) is 0 Å². The largest absolute Gasteiger partial charge is 0.399 e. The molecule has 1 aromatic carbocycles. The van der Waals surface area contributed by atoms with Crippen molar-refractivity contribution in [3.63, 3.8) is 0 Å². The third-order valence-corrected chi connectivity index (χ3v) is 2.23. The number of benzene rings is 1. The molecule has 14 heavy (non-hydrogen) atoms. The number of hydrogen-bond acceptors (Lipinski definition) is 3. The zero-order valence-corrected chi connectivity index (χ0v) is 8.88. The molecule has 0 spiro atoms. The monoisotopic (exact) mass is 193 g/mol. The molecule has 1 rings (SSSR count). The first-order valence-corrected chi connectivity index (χ1v) is 4.83. The van der Waals surface area contributed by atoms with Crippen LogP contribution in [-0.2, 0) is 0 Å². The van der Waals surface area contributed by atoms with E-state index in [0.717, 1.165) is 17.9 Å². The predicted molar refractivity (Wildman–Crippen MR) is 62.2 cm³/mol. The van der Waals surface area contributed by atoms with Gasteiger partial charge in [0.15, 0.2) is 0 Å². The molecule has 0 heterocycles. The second-order valence-corrected chi connectivity index (χ2v) is 4.34. The molecule has 0 fully saturated rings. The first kappa shape index (κ1) is 10.9. The first-order chi connectivity index (χ1) is 6.53. The summed E-state index contributed by atoms with van der Waals surface area (Å²) in [4.78, 5) is 0. The number of anilines is 2. The van der Waals surface area contributed by atoms with Crippen molar-refractivity contribution >= 4 is 11.4 Å². The van der Waals surface area contributed by atoms with Gasteiger partial charge < -0.3 is 16.8 Å². The Balaban J connectivity index is 2.50. The van der Waals surface area contributed by atoms with Crippen LogP contribution in [0.1, 0.15) is 13.8 Å². The van der Waals surface area contributed by atoms with E-state index in [2.05, 4.69) is 19.2 Å². The van der Waals surface area contributed by atoms with Gasteiger partial charge in [0.1, 0.15) is 0 Å². The third-order valence-electron chi connectivity index (χ3n) is 2.23. The second kappa shape index (κ2) is 4.33. The predicted octanol–water partition coefficient (Wildman–Crippen LogP) is 1.67. The summed E-state index contributed by atoms with van der Waals surface area (Å²) in [6.45, 7) is 5.82. The van der Waals surface area contributed by atoms with Gasteiger partial charge in [0.25, 0.3) is 0 Å². The van der Waals surface area contributed by atoms with Crippen molar-refractivity contribution in [2.75, 3.05) is 24.1 Å². The molecular weight excluding hydrogens is 174 g/mol. The lowest BCUT2D eigenvalue weighted by molar-refractivity contribution is 0.405. The smallest absolute Gasteiger partial charge is 0.0341 e. The molecule has 5 N–H and O–H groups in total. The fourth-order valence-electron chi connectivity index (χ4n) is 1.01. The Bertz CT molecular complexity index is 277. The van der Waals surface area contributed by atoms with Crippen LogP contribution >= 0.6 is 0 Å². The van der Waals surface area contributed by atoms with Crippen molar-refractivity contribution in [2.24, 2.45) is 11.1 Å². The van der Waals surface area contributed by atoms with E-state index in [4.69, 9.17) is 11.5 Å². The van der Waals surface area contributed by atoms with E-state index in [0.29, 0.717) is 6.54 Å². The standard InChI is InChI=1S/C11H19N3/c1-11(2,7-12)8-14-10-5-3-9(13)4-6-10/h3-6,14H,7-8,12-13H2,1-2H3. The van der Waals surface area contributed by atoms with E-state index in [9.17, 15) is 0 Å². The fourth-order valence-corrected chi connectivity index (χ4v) is 1.01. The lowest BCUT2D eigenvalue weighted by Gasteiger charge is -2.23. The Morgan fingerprint density at radius 3 is 2.29 bits per heavy atom. The normalized spacial score (nSPS) is 11.4. The number of rotatable bonds is 4. The van der Waals surface area contributed by atoms with Gasteiger partial charge in [-0.05, 0) is 36.2 Å². The van der Waals surface area contributed by atoms with Gasteiger partial charge in [-0.25, -0.2) is 0 Å². The minimum atomic E-state index is 0.126. The molecule has 0 saturated heterocycles. The SMILES string of the molecule is CC(C)(CN)CNc1ccc(N)cc1. The Kier molecular flexibility index (Phi) is 3.36. The summed E-state index contributed by atoms with van der Waals surface area (Å²) in [5, 5.41) is 3.33. The lowest BCUT2D eigenvalue weighted by atomic mass is 9.94. The molecule has 0 saturated carbocycles. The Morgan fingerprint density at radius 2 is 1.79 bits per heavy atom. The van der Waals surface area contributed by atoms with Gasteiger partial charge in [-0.15, -0.1) is 0 Å². The maximum Gasteiger partial charge on any atom is 0.0341 e. The third kappa shape index (κ3) is 3.26. The van der Waals surface area contributed by atoms with Crippen LogP contribution < -0.4 is 16.8 Å². The van der Waals surface area contributed by atoms with Gasteiger partial charge >= 0.3 is 0 Å². The van der Waals surface area contributed by atoms with Crippen LogP contribution in [-0.4, -0.2) is 13.1 Å². The molecule has 0 aliphatic heterocycles. The second-order valence-electron chi connectivity index (χ2n) is 4.34. The van der Waals surface area contributed by atoms with E-state index in [1.165, 1.54) is 0 Å². The average molecular weight is 193 g/mol. The average Bonchev–Trinajstić information content (AvgIpc) is 2.17. The van der Waals surface area contributed by atoms with E-state index < -0.39 is 0 Å². The molecule has 0 unspecified atom stereocenters. The first-order valence-electron chi connectivity index (χ1n) is 4.83. The lowest BCUT2D eigenvalue weighted by Crippen LogP contribution is -2.31. The number of nitrogens with two attached hydrogens (primary N) is 2. The van der Waals surface area contributed by atoms with Crippen molar-refractivity contribution in [3.8, 4) is 0 Å². The van der Waals surface area contributed by atoms with Gasteiger partial charge in [-0.1, -0.05) is 13.8 Å². The van der Waals surface area contributed by atoms with Crippen molar-refractivity contribution in [3.05, 3.63) is 24.3 Å². The molecule has 3 heteroatoms. The molecular formula is C11H19N3. The molecule has 0 radical (unpaired) electrons. The summed E-state index contributed by atoms with van der Waals surface area (Å²) in [7, 11) is 0. The van der Waals surface area contributed by atoms with E-state index in [1.807, 2.05) is 24.3 Å². The molecule has 78 valence electrons. The van der Waals surface area contributed by atoms with Crippen LogP contribution in [0.3, 0.4) is 0 Å². The summed E-state index contributed by atoms with van der Waals surface area (Å²) < 4.78 is 0. The highest BCUT2D eigenvalue weighted by Crippen LogP contribution is 2.16. The molecule has 0 amide bonds. The molecule has 0 aromatic heterocycles. The van der Waals surface area contributed by atoms with Gasteiger partial charge in [0, 0.05) is 17.9 Å². The molecule has 1 aromatic rings. The van der Waals surface area contributed by atoms with Gasteiger partial charge in [0.05, 0.1) is 0 Å². The van der Waals surface area contributed by atoms with Crippen LogP contribution in [0.15, 0.2) is 24.3 Å². The number of nitrogens with one attached hydrogen (secondary N) is 1. The quantitative estimate of drug-likeness (QED) is 0.637. The van der Waals surface area contributed by atoms with Crippen molar-refractivity contribution in [2.45, 2.75) is 13.8 Å². The minimum Gasteiger partial charge on any atom is -0.399 e. The summed E-state index contributed by atoms with van der Waals surface area (Å²) in [6, 6.07) is 7.72. The van der Waals surface area contributed by atoms with E-state index >= 15 is 0 Å². The molecule has 0 aliphatic rings. The van der Waals surface area contributed by atoms with Crippen LogP contribution in [0, 0.1) is 5.41 Å². The fraction of sp³-hybridized carbons (Fsp3) is 0.455. The zero-order valence-electron chi connectivity index (χ0n) is 8.88. The van der Waals surface area contributed by atoms with E-state index in [-0.39, 0.29) is 5.41 Å². The van der Waals surface area contributed by atoms with Crippen LogP contribution in [0.4, 0.5) is 11.4 Å². The zero-order chi connectivity index (χ0) is 10.6.